The lowest BCUT2D eigenvalue weighted by Crippen LogP contribution is -2.34. The average molecular weight is 484 g/mol. The van der Waals surface area contributed by atoms with Gasteiger partial charge in [0.2, 0.25) is 0 Å². The number of halogens is 6. The van der Waals surface area contributed by atoms with E-state index in [0.29, 0.717) is 36.7 Å². The highest BCUT2D eigenvalue weighted by Gasteiger charge is 2.32. The number of benzene rings is 2. The van der Waals surface area contributed by atoms with E-state index in [4.69, 9.17) is 9.47 Å². The minimum Gasteiger partial charge on any atom is -0.348 e. The first kappa shape index (κ1) is 24.8. The number of hydrogen-bond donors (Lipinski definition) is 0. The fourth-order valence-electron chi connectivity index (χ4n) is 4.73. The number of alkyl halides is 3. The Hall–Kier alpha value is -2.32. The molecule has 2 nitrogen and oxygen atoms in total. The largest absolute Gasteiger partial charge is 0.409 e. The molecular formula is C26H26F6O2. The van der Waals surface area contributed by atoms with E-state index in [0.717, 1.165) is 30.9 Å². The molecule has 0 N–H and O–H groups in total. The molecule has 0 bridgehead atoms. The second-order valence-electron chi connectivity index (χ2n) is 9.25. The summed E-state index contributed by atoms with van der Waals surface area (Å²) in [7, 11) is 0. The van der Waals surface area contributed by atoms with Crippen molar-refractivity contribution < 1.29 is 35.8 Å². The van der Waals surface area contributed by atoms with Crippen molar-refractivity contribution in [3.63, 3.8) is 0 Å². The van der Waals surface area contributed by atoms with E-state index in [1.54, 1.807) is 6.07 Å². The van der Waals surface area contributed by atoms with E-state index >= 15 is 0 Å². The third kappa shape index (κ3) is 5.84. The fraction of sp³-hybridized carbons (Fsp3) is 0.462. The molecule has 4 rings (SSSR count). The predicted octanol–water partition coefficient (Wildman–Crippen LogP) is 7.83. The van der Waals surface area contributed by atoms with Crippen LogP contribution in [0.1, 0.15) is 50.0 Å². The van der Waals surface area contributed by atoms with Crippen LogP contribution in [0, 0.1) is 35.2 Å². The SMILES string of the molecule is CC1CCC(C2COC(c3ccc(-c4cc(F)c(/C=C/C(F)(F)F)c(F)c4)c(F)c3)OC2)CC1. The molecule has 0 spiro atoms. The number of rotatable bonds is 4. The normalized spacial score (nSPS) is 26.2. The summed E-state index contributed by atoms with van der Waals surface area (Å²) in [5.74, 6) is -1.56. The van der Waals surface area contributed by atoms with E-state index in [1.807, 2.05) is 0 Å². The molecule has 2 aliphatic rings. The van der Waals surface area contributed by atoms with Gasteiger partial charge in [0.1, 0.15) is 17.5 Å². The van der Waals surface area contributed by atoms with Crippen molar-refractivity contribution in [2.45, 2.75) is 45.1 Å². The summed E-state index contributed by atoms with van der Waals surface area (Å²) >= 11 is 0. The van der Waals surface area contributed by atoms with Crippen LogP contribution in [0.25, 0.3) is 17.2 Å². The van der Waals surface area contributed by atoms with Gasteiger partial charge in [0.15, 0.2) is 6.29 Å². The smallest absolute Gasteiger partial charge is 0.348 e. The zero-order valence-corrected chi connectivity index (χ0v) is 18.7. The number of hydrogen-bond acceptors (Lipinski definition) is 2. The molecule has 1 aliphatic heterocycles. The fourth-order valence-corrected chi connectivity index (χ4v) is 4.73. The molecular weight excluding hydrogens is 458 g/mol. The van der Waals surface area contributed by atoms with Crippen LogP contribution in [-0.4, -0.2) is 19.4 Å². The quantitative estimate of drug-likeness (QED) is 0.412. The Kier molecular flexibility index (Phi) is 7.38. The van der Waals surface area contributed by atoms with Gasteiger partial charge in [-0.15, -0.1) is 0 Å². The summed E-state index contributed by atoms with van der Waals surface area (Å²) in [5, 5.41) is 0. The van der Waals surface area contributed by atoms with Gasteiger partial charge in [-0.25, -0.2) is 13.2 Å². The number of allylic oxidation sites excluding steroid dienone is 1. The lowest BCUT2D eigenvalue weighted by atomic mass is 9.76. The third-order valence-electron chi connectivity index (χ3n) is 6.74. The summed E-state index contributed by atoms with van der Waals surface area (Å²) in [6.45, 7) is 3.31. The maximum atomic E-state index is 14.8. The molecule has 1 saturated heterocycles. The second kappa shape index (κ2) is 10.1. The molecule has 184 valence electrons. The zero-order chi connectivity index (χ0) is 24.5. The van der Waals surface area contributed by atoms with Crippen LogP contribution >= 0.6 is 0 Å². The Morgan fingerprint density at radius 2 is 1.44 bits per heavy atom. The van der Waals surface area contributed by atoms with Gasteiger partial charge in [0.25, 0.3) is 0 Å². The minimum atomic E-state index is -4.71. The molecule has 34 heavy (non-hydrogen) atoms. The first-order valence-corrected chi connectivity index (χ1v) is 11.4. The van der Waals surface area contributed by atoms with Gasteiger partial charge < -0.3 is 9.47 Å². The Bertz CT molecular complexity index is 1010. The van der Waals surface area contributed by atoms with E-state index in [9.17, 15) is 26.3 Å². The molecule has 0 amide bonds. The van der Waals surface area contributed by atoms with E-state index < -0.39 is 35.5 Å². The van der Waals surface area contributed by atoms with E-state index in [2.05, 4.69) is 6.92 Å². The van der Waals surface area contributed by atoms with Crippen molar-refractivity contribution in [1.29, 1.82) is 0 Å². The number of ether oxygens (including phenoxy) is 2. The lowest BCUT2D eigenvalue weighted by Gasteiger charge is -2.37. The van der Waals surface area contributed by atoms with Crippen molar-refractivity contribution in [2.75, 3.05) is 13.2 Å². The molecule has 0 unspecified atom stereocenters. The molecule has 0 aromatic heterocycles. The topological polar surface area (TPSA) is 18.5 Å². The average Bonchev–Trinajstić information content (AvgIpc) is 2.78. The molecule has 2 fully saturated rings. The van der Waals surface area contributed by atoms with Crippen molar-refractivity contribution in [1.82, 2.24) is 0 Å². The molecule has 1 heterocycles. The third-order valence-corrected chi connectivity index (χ3v) is 6.74. The maximum Gasteiger partial charge on any atom is 0.409 e. The van der Waals surface area contributed by atoms with Gasteiger partial charge in [0, 0.05) is 28.7 Å². The highest BCUT2D eigenvalue weighted by molar-refractivity contribution is 5.67. The van der Waals surface area contributed by atoms with Crippen LogP contribution in [-0.2, 0) is 9.47 Å². The summed E-state index contributed by atoms with van der Waals surface area (Å²) in [4.78, 5) is 0. The molecule has 0 radical (unpaired) electrons. The molecule has 1 saturated carbocycles. The van der Waals surface area contributed by atoms with Gasteiger partial charge in [-0.05, 0) is 54.5 Å². The predicted molar refractivity (Wildman–Crippen MR) is 116 cm³/mol. The molecule has 2 aromatic rings. The van der Waals surface area contributed by atoms with Crippen LogP contribution in [0.4, 0.5) is 26.3 Å². The van der Waals surface area contributed by atoms with Crippen molar-refractivity contribution in [3.8, 4) is 11.1 Å². The van der Waals surface area contributed by atoms with Crippen molar-refractivity contribution >= 4 is 6.08 Å². The first-order chi connectivity index (χ1) is 16.1. The van der Waals surface area contributed by atoms with Crippen LogP contribution in [0.15, 0.2) is 36.4 Å². The molecule has 0 atom stereocenters. The Balaban J connectivity index is 1.45. The molecule has 2 aromatic carbocycles. The highest BCUT2D eigenvalue weighted by atomic mass is 19.4. The van der Waals surface area contributed by atoms with Crippen LogP contribution in [0.5, 0.6) is 0 Å². The zero-order valence-electron chi connectivity index (χ0n) is 18.7. The second-order valence-corrected chi connectivity index (χ2v) is 9.25. The summed E-state index contributed by atoms with van der Waals surface area (Å²) in [5.41, 5.74) is -0.607. The molecule has 8 heteroatoms. The summed E-state index contributed by atoms with van der Waals surface area (Å²) in [6, 6.07) is 5.71. The van der Waals surface area contributed by atoms with Gasteiger partial charge in [-0.3, -0.25) is 0 Å². The Morgan fingerprint density at radius 3 is 2.00 bits per heavy atom. The van der Waals surface area contributed by atoms with Crippen LogP contribution in [0.2, 0.25) is 0 Å². The summed E-state index contributed by atoms with van der Waals surface area (Å²) < 4.78 is 92.1. The van der Waals surface area contributed by atoms with Crippen molar-refractivity contribution in [2.24, 2.45) is 17.8 Å². The first-order valence-electron chi connectivity index (χ1n) is 11.4. The Labute approximate surface area is 194 Å². The van der Waals surface area contributed by atoms with Crippen LogP contribution in [0.3, 0.4) is 0 Å². The standard InChI is InChI=1S/C26H26F6O2/c1-15-2-4-16(5-3-15)19-13-33-25(34-14-19)17-6-7-20(22(27)10-17)18-11-23(28)21(24(29)12-18)8-9-26(30,31)32/h6-12,15-16,19,25H,2-5,13-14H2,1H3/b9-8+. The van der Waals surface area contributed by atoms with Gasteiger partial charge >= 0.3 is 6.18 Å². The monoisotopic (exact) mass is 484 g/mol. The lowest BCUT2D eigenvalue weighted by molar-refractivity contribution is -0.214. The molecule has 1 aliphatic carbocycles. The van der Waals surface area contributed by atoms with Crippen molar-refractivity contribution in [3.05, 3.63) is 65.0 Å². The maximum absolute atomic E-state index is 14.8. The van der Waals surface area contributed by atoms with E-state index in [-0.39, 0.29) is 17.2 Å². The highest BCUT2D eigenvalue weighted by Crippen LogP contribution is 2.38. The van der Waals surface area contributed by atoms with Gasteiger partial charge in [0.05, 0.1) is 13.2 Å². The summed E-state index contributed by atoms with van der Waals surface area (Å²) in [6.07, 6.45) is -0.659. The van der Waals surface area contributed by atoms with E-state index in [1.165, 1.54) is 25.0 Å². The van der Waals surface area contributed by atoms with Gasteiger partial charge in [-0.1, -0.05) is 31.9 Å². The Morgan fingerprint density at radius 1 is 0.824 bits per heavy atom. The minimum absolute atomic E-state index is 0.0853. The van der Waals surface area contributed by atoms with Crippen LogP contribution < -0.4 is 0 Å². The van der Waals surface area contributed by atoms with Gasteiger partial charge in [-0.2, -0.15) is 13.2 Å².